The molecule has 0 saturated heterocycles. The van der Waals surface area contributed by atoms with Gasteiger partial charge in [-0.1, -0.05) is 70.5 Å². The largest absolute Gasteiger partial charge is 0.321 e. The van der Waals surface area contributed by atoms with Crippen molar-refractivity contribution in [3.8, 4) is 6.07 Å². The van der Waals surface area contributed by atoms with Crippen LogP contribution in [0.5, 0.6) is 0 Å². The molecule has 0 aliphatic rings. The lowest BCUT2D eigenvalue weighted by Gasteiger charge is -2.18. The first-order valence-corrected chi connectivity index (χ1v) is 9.46. The summed E-state index contributed by atoms with van der Waals surface area (Å²) in [4.78, 5) is 12.4. The standard InChI is InChI=1S/C24H28N2O/c1-5-6-7-18-10-14-22(15-11-18)26-23(27)20(17-25)16-19-8-12-21(13-9-19)24(2,3)4/h8-16H,5-7H2,1-4H3,(H,26,27)/b20-16+. The van der Waals surface area contributed by atoms with Crippen LogP contribution in [0.1, 0.15) is 57.2 Å². The molecule has 0 unspecified atom stereocenters. The molecule has 140 valence electrons. The van der Waals surface area contributed by atoms with E-state index in [9.17, 15) is 10.1 Å². The van der Waals surface area contributed by atoms with Crippen LogP contribution in [0.3, 0.4) is 0 Å². The minimum absolute atomic E-state index is 0.0704. The Hall–Kier alpha value is -2.86. The zero-order chi connectivity index (χ0) is 19.9. The Morgan fingerprint density at radius 1 is 1.07 bits per heavy atom. The smallest absolute Gasteiger partial charge is 0.266 e. The summed E-state index contributed by atoms with van der Waals surface area (Å²) in [5, 5.41) is 12.2. The molecule has 1 amide bonds. The molecule has 2 rings (SSSR count). The van der Waals surface area contributed by atoms with Gasteiger partial charge in [0.05, 0.1) is 0 Å². The van der Waals surface area contributed by atoms with Gasteiger partial charge in [-0.25, -0.2) is 0 Å². The lowest BCUT2D eigenvalue weighted by molar-refractivity contribution is -0.112. The van der Waals surface area contributed by atoms with Crippen molar-refractivity contribution in [2.24, 2.45) is 0 Å². The van der Waals surface area contributed by atoms with Crippen LogP contribution < -0.4 is 5.32 Å². The number of nitrogens with zero attached hydrogens (tertiary/aromatic N) is 1. The summed E-state index contributed by atoms with van der Waals surface area (Å²) in [7, 11) is 0. The lowest BCUT2D eigenvalue weighted by Crippen LogP contribution is -2.13. The van der Waals surface area contributed by atoms with Gasteiger partial charge in [-0.2, -0.15) is 5.26 Å². The zero-order valence-corrected chi connectivity index (χ0v) is 16.7. The summed E-state index contributed by atoms with van der Waals surface area (Å²) >= 11 is 0. The Labute approximate surface area is 162 Å². The summed E-state index contributed by atoms with van der Waals surface area (Å²) in [6.07, 6.45) is 4.97. The fourth-order valence-corrected chi connectivity index (χ4v) is 2.73. The van der Waals surface area contributed by atoms with Gasteiger partial charge in [0.2, 0.25) is 0 Å². The molecule has 0 aliphatic heterocycles. The number of nitriles is 1. The molecule has 2 aromatic rings. The Morgan fingerprint density at radius 3 is 2.22 bits per heavy atom. The van der Waals surface area contributed by atoms with E-state index >= 15 is 0 Å². The number of amides is 1. The molecule has 27 heavy (non-hydrogen) atoms. The Balaban J connectivity index is 2.09. The number of aryl methyl sites for hydroxylation is 1. The topological polar surface area (TPSA) is 52.9 Å². The second-order valence-corrected chi connectivity index (χ2v) is 7.80. The first kappa shape index (κ1) is 20.5. The highest BCUT2D eigenvalue weighted by molar-refractivity contribution is 6.09. The molecule has 3 heteroatoms. The van der Waals surface area contributed by atoms with E-state index < -0.39 is 5.91 Å². The second-order valence-electron chi connectivity index (χ2n) is 7.80. The van der Waals surface area contributed by atoms with Crippen LogP contribution in [-0.4, -0.2) is 5.91 Å². The molecule has 0 aliphatic carbocycles. The van der Waals surface area contributed by atoms with E-state index in [1.807, 2.05) is 54.6 Å². The van der Waals surface area contributed by atoms with Crippen molar-refractivity contribution in [3.63, 3.8) is 0 Å². The zero-order valence-electron chi connectivity index (χ0n) is 16.7. The van der Waals surface area contributed by atoms with E-state index in [1.54, 1.807) is 6.08 Å². The van der Waals surface area contributed by atoms with Crippen LogP contribution in [-0.2, 0) is 16.6 Å². The number of benzene rings is 2. The first-order chi connectivity index (χ1) is 12.8. The van der Waals surface area contributed by atoms with Gasteiger partial charge in [0.25, 0.3) is 5.91 Å². The highest BCUT2D eigenvalue weighted by Crippen LogP contribution is 2.23. The van der Waals surface area contributed by atoms with Gasteiger partial charge in [-0.15, -0.1) is 0 Å². The molecule has 3 nitrogen and oxygen atoms in total. The third kappa shape index (κ3) is 6.11. The maximum absolute atomic E-state index is 12.4. The first-order valence-electron chi connectivity index (χ1n) is 9.46. The molecule has 0 bridgehead atoms. The van der Waals surface area contributed by atoms with Crippen LogP contribution in [0.4, 0.5) is 5.69 Å². The number of hydrogen-bond donors (Lipinski definition) is 1. The van der Waals surface area contributed by atoms with E-state index in [0.717, 1.165) is 24.8 Å². The van der Waals surface area contributed by atoms with E-state index in [-0.39, 0.29) is 11.0 Å². The summed E-state index contributed by atoms with van der Waals surface area (Å²) in [5.74, 6) is -0.390. The molecule has 0 radical (unpaired) electrons. The number of nitrogens with one attached hydrogen (secondary N) is 1. The summed E-state index contributed by atoms with van der Waals surface area (Å²) in [6, 6.07) is 17.8. The van der Waals surface area contributed by atoms with Crippen molar-refractivity contribution in [3.05, 3.63) is 70.8 Å². The van der Waals surface area contributed by atoms with E-state index in [2.05, 4.69) is 33.0 Å². The predicted molar refractivity (Wildman–Crippen MR) is 112 cm³/mol. The number of anilines is 1. The maximum atomic E-state index is 12.4. The van der Waals surface area contributed by atoms with E-state index in [0.29, 0.717) is 5.69 Å². The molecule has 0 aromatic heterocycles. The third-order valence-corrected chi connectivity index (χ3v) is 4.48. The van der Waals surface area contributed by atoms with Gasteiger partial charge >= 0.3 is 0 Å². The fourth-order valence-electron chi connectivity index (χ4n) is 2.73. The van der Waals surface area contributed by atoms with Crippen molar-refractivity contribution < 1.29 is 4.79 Å². The Morgan fingerprint density at radius 2 is 1.70 bits per heavy atom. The summed E-state index contributed by atoms with van der Waals surface area (Å²) in [6.45, 7) is 8.62. The fraction of sp³-hybridized carbons (Fsp3) is 0.333. The lowest BCUT2D eigenvalue weighted by atomic mass is 9.86. The monoisotopic (exact) mass is 360 g/mol. The number of unbranched alkanes of at least 4 members (excludes halogenated alkanes) is 1. The average Bonchev–Trinajstić information content (AvgIpc) is 2.65. The van der Waals surface area contributed by atoms with Crippen LogP contribution >= 0.6 is 0 Å². The third-order valence-electron chi connectivity index (χ3n) is 4.48. The quantitative estimate of drug-likeness (QED) is 0.517. The highest BCUT2D eigenvalue weighted by Gasteiger charge is 2.13. The SMILES string of the molecule is CCCCc1ccc(NC(=O)/C(C#N)=C/c2ccc(C(C)(C)C)cc2)cc1. The average molecular weight is 361 g/mol. The maximum Gasteiger partial charge on any atom is 0.266 e. The number of carbonyl (C=O) groups excluding carboxylic acids is 1. The number of rotatable bonds is 6. The molecule has 2 aromatic carbocycles. The Kier molecular flexibility index (Phi) is 6.96. The molecule has 0 saturated carbocycles. The molecule has 1 N–H and O–H groups in total. The predicted octanol–water partition coefficient (Wildman–Crippen LogP) is 5.87. The minimum Gasteiger partial charge on any atom is -0.321 e. The van der Waals surface area contributed by atoms with Crippen molar-refractivity contribution in [2.45, 2.75) is 52.4 Å². The van der Waals surface area contributed by atoms with E-state index in [4.69, 9.17) is 0 Å². The van der Waals surface area contributed by atoms with E-state index in [1.165, 1.54) is 11.1 Å². The van der Waals surface area contributed by atoms with Crippen molar-refractivity contribution in [2.75, 3.05) is 5.32 Å². The number of hydrogen-bond acceptors (Lipinski definition) is 2. The highest BCUT2D eigenvalue weighted by atomic mass is 16.1. The van der Waals surface area contributed by atoms with Crippen LogP contribution in [0.25, 0.3) is 6.08 Å². The Bertz CT molecular complexity index is 832. The van der Waals surface area contributed by atoms with Gasteiger partial charge in [-0.3, -0.25) is 4.79 Å². The summed E-state index contributed by atoms with van der Waals surface area (Å²) in [5.41, 5.74) is 4.17. The van der Waals surface area contributed by atoms with Crippen molar-refractivity contribution >= 4 is 17.7 Å². The van der Waals surface area contributed by atoms with Gasteiger partial charge in [0.1, 0.15) is 11.6 Å². The van der Waals surface area contributed by atoms with Crippen LogP contribution in [0.15, 0.2) is 54.1 Å². The normalized spacial score (nSPS) is 11.7. The molecular formula is C24H28N2O. The van der Waals surface area contributed by atoms with Gasteiger partial charge in [0.15, 0.2) is 0 Å². The van der Waals surface area contributed by atoms with Gasteiger partial charge < -0.3 is 5.32 Å². The molecule has 0 fully saturated rings. The molecule has 0 heterocycles. The van der Waals surface area contributed by atoms with Gasteiger partial charge in [-0.05, 0) is 53.2 Å². The minimum atomic E-state index is -0.390. The van der Waals surface area contributed by atoms with Gasteiger partial charge in [0, 0.05) is 5.69 Å². The summed E-state index contributed by atoms with van der Waals surface area (Å²) < 4.78 is 0. The van der Waals surface area contributed by atoms with Crippen molar-refractivity contribution in [1.29, 1.82) is 5.26 Å². The molecule has 0 atom stereocenters. The molecular weight excluding hydrogens is 332 g/mol. The van der Waals surface area contributed by atoms with Crippen LogP contribution in [0, 0.1) is 11.3 Å². The second kappa shape index (κ2) is 9.19. The molecule has 0 spiro atoms. The number of carbonyl (C=O) groups is 1. The van der Waals surface area contributed by atoms with Crippen LogP contribution in [0.2, 0.25) is 0 Å². The van der Waals surface area contributed by atoms with Crippen molar-refractivity contribution in [1.82, 2.24) is 0 Å².